The van der Waals surface area contributed by atoms with Gasteiger partial charge in [0.25, 0.3) is 0 Å². The maximum Gasteiger partial charge on any atom is 0.321 e. The lowest BCUT2D eigenvalue weighted by Crippen LogP contribution is -2.41. The number of hydrogen-bond acceptors (Lipinski definition) is 2. The monoisotopic (exact) mass is 336 g/mol. The number of nitrogens with zero attached hydrogens (tertiary/aromatic N) is 1. The van der Waals surface area contributed by atoms with Crippen molar-refractivity contribution in [2.75, 3.05) is 24.6 Å². The molecule has 0 heterocycles. The lowest BCUT2D eigenvalue weighted by atomic mass is 10.3. The van der Waals surface area contributed by atoms with E-state index in [1.807, 2.05) is 37.3 Å². The number of rotatable bonds is 6. The summed E-state index contributed by atoms with van der Waals surface area (Å²) in [5.74, 6) is -0.0326. The Hall–Kier alpha value is -2.27. The van der Waals surface area contributed by atoms with Gasteiger partial charge in [0.1, 0.15) is 18.2 Å². The van der Waals surface area contributed by atoms with Gasteiger partial charge in [-0.15, -0.1) is 0 Å². The van der Waals surface area contributed by atoms with Crippen LogP contribution >= 0.6 is 11.6 Å². The second-order valence-electron chi connectivity index (χ2n) is 4.73. The van der Waals surface area contributed by atoms with Gasteiger partial charge in [-0.2, -0.15) is 0 Å². The minimum atomic E-state index is -0.419. The van der Waals surface area contributed by atoms with Crippen molar-refractivity contribution in [3.63, 3.8) is 0 Å². The molecule has 4 nitrogen and oxygen atoms in total. The number of halogens is 2. The number of carbonyl (C=O) groups is 1. The van der Waals surface area contributed by atoms with Crippen molar-refractivity contribution in [1.29, 1.82) is 0 Å². The molecular formula is C17H18ClFN2O2. The van der Waals surface area contributed by atoms with Gasteiger partial charge < -0.3 is 10.1 Å². The van der Waals surface area contributed by atoms with Gasteiger partial charge in [0.2, 0.25) is 0 Å². The highest BCUT2D eigenvalue weighted by Crippen LogP contribution is 2.24. The predicted molar refractivity (Wildman–Crippen MR) is 89.8 cm³/mol. The fourth-order valence-corrected chi connectivity index (χ4v) is 2.28. The summed E-state index contributed by atoms with van der Waals surface area (Å²) in [4.78, 5) is 13.8. The summed E-state index contributed by atoms with van der Waals surface area (Å²) in [6, 6.07) is 13.1. The first kappa shape index (κ1) is 17.1. The molecule has 2 aromatic rings. The number of benzene rings is 2. The highest BCUT2D eigenvalue weighted by molar-refractivity contribution is 6.32. The van der Waals surface area contributed by atoms with E-state index in [1.165, 1.54) is 18.2 Å². The minimum absolute atomic E-state index is 0.201. The molecule has 0 aliphatic carbocycles. The van der Waals surface area contributed by atoms with Crippen LogP contribution in [-0.2, 0) is 0 Å². The van der Waals surface area contributed by atoms with Crippen molar-refractivity contribution in [2.45, 2.75) is 6.92 Å². The third-order valence-corrected chi connectivity index (χ3v) is 3.45. The number of amides is 2. The molecule has 0 spiro atoms. The van der Waals surface area contributed by atoms with Gasteiger partial charge >= 0.3 is 6.03 Å². The van der Waals surface area contributed by atoms with E-state index in [1.54, 1.807) is 4.90 Å². The van der Waals surface area contributed by atoms with Gasteiger partial charge in [-0.3, -0.25) is 4.90 Å². The third kappa shape index (κ3) is 4.86. The Balaban J connectivity index is 1.82. The van der Waals surface area contributed by atoms with Crippen molar-refractivity contribution < 1.29 is 13.9 Å². The molecular weight excluding hydrogens is 319 g/mol. The summed E-state index contributed by atoms with van der Waals surface area (Å²) in [7, 11) is 0. The Bertz CT molecular complexity index is 652. The van der Waals surface area contributed by atoms with Gasteiger partial charge in [-0.1, -0.05) is 29.8 Å². The molecule has 1 N–H and O–H groups in total. The van der Waals surface area contributed by atoms with Crippen LogP contribution in [0.4, 0.5) is 14.9 Å². The van der Waals surface area contributed by atoms with E-state index >= 15 is 0 Å². The molecule has 0 atom stereocenters. The first-order valence-electron chi connectivity index (χ1n) is 7.30. The predicted octanol–water partition coefficient (Wildman–Crippen LogP) is 4.09. The van der Waals surface area contributed by atoms with Crippen LogP contribution in [0.15, 0.2) is 48.5 Å². The second kappa shape index (κ2) is 8.39. The van der Waals surface area contributed by atoms with Crippen LogP contribution in [0, 0.1) is 5.82 Å². The standard InChI is InChI=1S/C17H18ClFN2O2/c1-2-21(14-6-4-3-5-7-14)17(22)20-10-11-23-16-9-8-13(19)12-15(16)18/h3-9,12H,2,10-11H2,1H3,(H,20,22). The summed E-state index contributed by atoms with van der Waals surface area (Å²) < 4.78 is 18.4. The van der Waals surface area contributed by atoms with Crippen molar-refractivity contribution >= 4 is 23.3 Å². The maximum atomic E-state index is 12.9. The van der Waals surface area contributed by atoms with Crippen molar-refractivity contribution in [2.24, 2.45) is 0 Å². The number of hydrogen-bond donors (Lipinski definition) is 1. The fourth-order valence-electron chi connectivity index (χ4n) is 2.06. The number of para-hydroxylation sites is 1. The molecule has 0 bridgehead atoms. The van der Waals surface area contributed by atoms with Crippen molar-refractivity contribution in [3.05, 3.63) is 59.4 Å². The summed E-state index contributed by atoms with van der Waals surface area (Å²) >= 11 is 5.86. The van der Waals surface area contributed by atoms with Gasteiger partial charge in [0.05, 0.1) is 11.6 Å². The number of ether oxygens (including phenoxy) is 1. The van der Waals surface area contributed by atoms with Crippen LogP contribution in [0.25, 0.3) is 0 Å². The molecule has 0 saturated heterocycles. The summed E-state index contributed by atoms with van der Waals surface area (Å²) in [6.45, 7) is 3.02. The zero-order valence-electron chi connectivity index (χ0n) is 12.8. The number of carbonyl (C=O) groups excluding carboxylic acids is 1. The Labute approximate surface area is 139 Å². The van der Waals surface area contributed by atoms with Crippen LogP contribution in [0.5, 0.6) is 5.75 Å². The molecule has 2 rings (SSSR count). The molecule has 0 aliphatic heterocycles. The quantitative estimate of drug-likeness (QED) is 0.807. The Kier molecular flexibility index (Phi) is 6.23. The average Bonchev–Trinajstić information content (AvgIpc) is 2.55. The van der Waals surface area contributed by atoms with Crippen molar-refractivity contribution in [3.8, 4) is 5.75 Å². The van der Waals surface area contributed by atoms with E-state index in [-0.39, 0.29) is 17.7 Å². The fraction of sp³-hybridized carbons (Fsp3) is 0.235. The van der Waals surface area contributed by atoms with Crippen LogP contribution in [-0.4, -0.2) is 25.7 Å². The van der Waals surface area contributed by atoms with Crippen LogP contribution in [0.1, 0.15) is 6.92 Å². The SMILES string of the molecule is CCN(C(=O)NCCOc1ccc(F)cc1Cl)c1ccccc1. The smallest absolute Gasteiger partial charge is 0.321 e. The Morgan fingerprint density at radius 2 is 2.00 bits per heavy atom. The van der Waals surface area contributed by atoms with Crippen LogP contribution in [0.2, 0.25) is 5.02 Å². The van der Waals surface area contributed by atoms with E-state index in [0.717, 1.165) is 5.69 Å². The van der Waals surface area contributed by atoms with Gasteiger partial charge in [-0.05, 0) is 37.3 Å². The van der Waals surface area contributed by atoms with Gasteiger partial charge in [-0.25, -0.2) is 9.18 Å². The number of nitrogens with one attached hydrogen (secondary N) is 1. The maximum absolute atomic E-state index is 12.9. The summed E-state index contributed by atoms with van der Waals surface area (Å²) in [6.07, 6.45) is 0. The molecule has 2 amide bonds. The molecule has 122 valence electrons. The molecule has 2 aromatic carbocycles. The highest BCUT2D eigenvalue weighted by Gasteiger charge is 2.12. The topological polar surface area (TPSA) is 41.6 Å². The first-order valence-corrected chi connectivity index (χ1v) is 7.68. The van der Waals surface area contributed by atoms with E-state index in [9.17, 15) is 9.18 Å². The first-order chi connectivity index (χ1) is 11.1. The lowest BCUT2D eigenvalue weighted by molar-refractivity contribution is 0.242. The van der Waals surface area contributed by atoms with Crippen LogP contribution in [0.3, 0.4) is 0 Å². The Morgan fingerprint density at radius 3 is 2.65 bits per heavy atom. The van der Waals surface area contributed by atoms with Crippen molar-refractivity contribution in [1.82, 2.24) is 5.32 Å². The van der Waals surface area contributed by atoms with E-state index < -0.39 is 5.82 Å². The van der Waals surface area contributed by atoms with E-state index in [2.05, 4.69) is 5.32 Å². The molecule has 0 aromatic heterocycles. The molecule has 0 aliphatic rings. The number of anilines is 1. The van der Waals surface area contributed by atoms with Gasteiger partial charge in [0.15, 0.2) is 0 Å². The molecule has 6 heteroatoms. The largest absolute Gasteiger partial charge is 0.490 e. The molecule has 0 unspecified atom stereocenters. The zero-order chi connectivity index (χ0) is 16.7. The normalized spacial score (nSPS) is 10.2. The average molecular weight is 337 g/mol. The minimum Gasteiger partial charge on any atom is -0.490 e. The van der Waals surface area contributed by atoms with E-state index in [0.29, 0.717) is 18.8 Å². The Morgan fingerprint density at radius 1 is 1.26 bits per heavy atom. The molecule has 0 radical (unpaired) electrons. The summed E-state index contributed by atoms with van der Waals surface area (Å²) in [5.41, 5.74) is 0.829. The third-order valence-electron chi connectivity index (χ3n) is 3.16. The summed E-state index contributed by atoms with van der Waals surface area (Å²) in [5, 5.41) is 2.98. The highest BCUT2D eigenvalue weighted by atomic mass is 35.5. The molecule has 23 heavy (non-hydrogen) atoms. The number of urea groups is 1. The molecule has 0 saturated carbocycles. The van der Waals surface area contributed by atoms with Crippen LogP contribution < -0.4 is 15.0 Å². The lowest BCUT2D eigenvalue weighted by Gasteiger charge is -2.21. The van der Waals surface area contributed by atoms with Gasteiger partial charge in [0, 0.05) is 12.2 Å². The zero-order valence-corrected chi connectivity index (χ0v) is 13.5. The second-order valence-corrected chi connectivity index (χ2v) is 5.14. The van der Waals surface area contributed by atoms with E-state index in [4.69, 9.17) is 16.3 Å². The molecule has 0 fully saturated rings.